The number of rotatable bonds is 4. The molecule has 0 aliphatic carbocycles. The number of allylic oxidation sites excluding steroid dienone is 1. The van der Waals surface area contributed by atoms with Crippen molar-refractivity contribution in [2.45, 2.75) is 4.90 Å². The number of carbonyl (C=O) groups excluding carboxylic acids is 1. The molecule has 2 rings (SSSR count). The zero-order valence-electron chi connectivity index (χ0n) is 12.4. The second kappa shape index (κ2) is 7.97. The first kappa shape index (κ1) is 17.3. The summed E-state index contributed by atoms with van der Waals surface area (Å²) >= 11 is 0. The second-order valence-electron chi connectivity index (χ2n) is 4.58. The fraction of sp³-hybridized carbons (Fsp3) is 0. The molecule has 0 aliphatic heterocycles. The van der Waals surface area contributed by atoms with E-state index in [2.05, 4.69) is 16.6 Å². The van der Waals surface area contributed by atoms with Crippen LogP contribution in [0.4, 0.5) is 5.69 Å². The van der Waals surface area contributed by atoms with Crippen molar-refractivity contribution in [1.82, 2.24) is 5.48 Å². The van der Waals surface area contributed by atoms with Crippen molar-refractivity contribution in [2.24, 2.45) is 0 Å². The van der Waals surface area contributed by atoms with Crippen molar-refractivity contribution in [3.8, 4) is 11.8 Å². The Morgan fingerprint density at radius 1 is 1.08 bits per heavy atom. The average molecular weight is 342 g/mol. The summed E-state index contributed by atoms with van der Waals surface area (Å²) in [5.41, 5.74) is 2.39. The van der Waals surface area contributed by atoms with Gasteiger partial charge in [-0.05, 0) is 36.4 Å². The van der Waals surface area contributed by atoms with E-state index in [1.165, 1.54) is 23.7 Å². The van der Waals surface area contributed by atoms with E-state index in [-0.39, 0.29) is 4.90 Å². The Hall–Kier alpha value is -3.08. The SMILES string of the molecule is O=C(/C=C\C#Cc1cccc(NS(=O)(=O)c2ccccc2)c1)NO. The third-order valence-corrected chi connectivity index (χ3v) is 4.21. The largest absolute Gasteiger partial charge is 0.288 e. The van der Waals surface area contributed by atoms with E-state index >= 15 is 0 Å². The summed E-state index contributed by atoms with van der Waals surface area (Å²) in [6, 6.07) is 14.6. The molecule has 0 radical (unpaired) electrons. The topological polar surface area (TPSA) is 95.5 Å². The van der Waals surface area contributed by atoms with Crippen LogP contribution in [-0.4, -0.2) is 19.5 Å². The van der Waals surface area contributed by atoms with Crippen molar-refractivity contribution in [1.29, 1.82) is 0 Å². The third kappa shape index (κ3) is 4.98. The molecule has 2 aromatic rings. The first-order valence-electron chi connectivity index (χ1n) is 6.81. The highest BCUT2D eigenvalue weighted by Gasteiger charge is 2.13. The first-order valence-corrected chi connectivity index (χ1v) is 8.30. The van der Waals surface area contributed by atoms with Crippen molar-refractivity contribution in [3.63, 3.8) is 0 Å². The zero-order chi connectivity index (χ0) is 17.4. The minimum absolute atomic E-state index is 0.166. The van der Waals surface area contributed by atoms with Crippen LogP contribution in [0.15, 0.2) is 71.6 Å². The molecule has 0 spiro atoms. The molecule has 24 heavy (non-hydrogen) atoms. The number of hydroxylamine groups is 1. The quantitative estimate of drug-likeness (QED) is 0.342. The highest BCUT2D eigenvalue weighted by atomic mass is 32.2. The molecule has 0 fully saturated rings. The van der Waals surface area contributed by atoms with Gasteiger partial charge in [-0.1, -0.05) is 36.1 Å². The summed E-state index contributed by atoms with van der Waals surface area (Å²) in [7, 11) is -3.66. The molecule has 0 saturated heterocycles. The molecule has 1 amide bonds. The summed E-state index contributed by atoms with van der Waals surface area (Å²) in [6.07, 6.45) is 2.33. The van der Waals surface area contributed by atoms with Crippen molar-refractivity contribution >= 4 is 21.6 Å². The maximum Gasteiger partial charge on any atom is 0.267 e. The van der Waals surface area contributed by atoms with Gasteiger partial charge in [-0.2, -0.15) is 0 Å². The predicted molar refractivity (Wildman–Crippen MR) is 89.6 cm³/mol. The summed E-state index contributed by atoms with van der Waals surface area (Å²) in [5.74, 6) is 4.68. The monoisotopic (exact) mass is 342 g/mol. The van der Waals surface area contributed by atoms with Crippen molar-refractivity contribution < 1.29 is 18.4 Å². The second-order valence-corrected chi connectivity index (χ2v) is 6.26. The Morgan fingerprint density at radius 3 is 2.54 bits per heavy atom. The number of anilines is 1. The Labute approximate surface area is 139 Å². The maximum atomic E-state index is 12.3. The van der Waals surface area contributed by atoms with Crippen LogP contribution in [0.2, 0.25) is 0 Å². The molecule has 3 N–H and O–H groups in total. The van der Waals surface area contributed by atoms with E-state index in [4.69, 9.17) is 5.21 Å². The number of benzene rings is 2. The van der Waals surface area contributed by atoms with E-state index < -0.39 is 15.9 Å². The van der Waals surface area contributed by atoms with Gasteiger partial charge in [-0.25, -0.2) is 13.9 Å². The van der Waals surface area contributed by atoms with E-state index in [0.29, 0.717) is 11.3 Å². The van der Waals surface area contributed by atoms with Gasteiger partial charge in [0.25, 0.3) is 15.9 Å². The highest BCUT2D eigenvalue weighted by molar-refractivity contribution is 7.92. The Balaban J connectivity index is 2.15. The standard InChI is InChI=1S/C17H14N2O4S/c20-17(18-21)12-5-4-7-14-8-6-9-15(13-14)19-24(22,23)16-10-2-1-3-11-16/h1-3,5-6,8-13,19,21H,(H,18,20)/b12-5-. The summed E-state index contributed by atoms with van der Waals surface area (Å²) < 4.78 is 27.0. The number of sulfonamides is 1. The zero-order valence-corrected chi connectivity index (χ0v) is 13.2. The average Bonchev–Trinajstić information content (AvgIpc) is 2.59. The molecule has 0 atom stereocenters. The summed E-state index contributed by atoms with van der Waals surface area (Å²) in [5, 5.41) is 8.33. The lowest BCUT2D eigenvalue weighted by Gasteiger charge is -2.08. The van der Waals surface area contributed by atoms with Gasteiger partial charge in [0.05, 0.1) is 10.6 Å². The van der Waals surface area contributed by atoms with Crippen LogP contribution in [0, 0.1) is 11.8 Å². The van der Waals surface area contributed by atoms with Gasteiger partial charge in [-0.3, -0.25) is 14.7 Å². The fourth-order valence-electron chi connectivity index (χ4n) is 1.75. The molecule has 0 unspecified atom stereocenters. The number of hydrogen-bond donors (Lipinski definition) is 3. The molecule has 6 nitrogen and oxygen atoms in total. The van der Waals surface area contributed by atoms with Gasteiger partial charge in [-0.15, -0.1) is 0 Å². The number of nitrogens with one attached hydrogen (secondary N) is 2. The molecule has 0 aromatic heterocycles. The fourth-order valence-corrected chi connectivity index (χ4v) is 2.82. The highest BCUT2D eigenvalue weighted by Crippen LogP contribution is 2.16. The lowest BCUT2D eigenvalue weighted by atomic mass is 10.2. The molecule has 122 valence electrons. The Morgan fingerprint density at radius 2 is 1.83 bits per heavy atom. The first-order chi connectivity index (χ1) is 11.5. The molecule has 0 aliphatic rings. The smallest absolute Gasteiger partial charge is 0.267 e. The van der Waals surface area contributed by atoms with Crippen LogP contribution in [0.3, 0.4) is 0 Å². The molecular weight excluding hydrogens is 328 g/mol. The molecular formula is C17H14N2O4S. The van der Waals surface area contributed by atoms with Crippen molar-refractivity contribution in [2.75, 3.05) is 4.72 Å². The van der Waals surface area contributed by atoms with E-state index in [1.807, 2.05) is 0 Å². The van der Waals surface area contributed by atoms with E-state index in [0.717, 1.165) is 6.08 Å². The van der Waals surface area contributed by atoms with Crippen molar-refractivity contribution in [3.05, 3.63) is 72.3 Å². The molecule has 0 heterocycles. The minimum Gasteiger partial charge on any atom is -0.288 e. The molecule has 2 aromatic carbocycles. The molecule has 7 heteroatoms. The van der Waals surface area contributed by atoms with Gasteiger partial charge in [0.2, 0.25) is 0 Å². The number of hydrogen-bond acceptors (Lipinski definition) is 4. The van der Waals surface area contributed by atoms with Crippen LogP contribution < -0.4 is 10.2 Å². The third-order valence-electron chi connectivity index (χ3n) is 2.81. The lowest BCUT2D eigenvalue weighted by Crippen LogP contribution is -2.14. The number of amides is 1. The summed E-state index contributed by atoms with van der Waals surface area (Å²) in [4.78, 5) is 10.9. The van der Waals surface area contributed by atoms with Crippen LogP contribution in [0.5, 0.6) is 0 Å². The van der Waals surface area contributed by atoms with Crippen LogP contribution in [0.25, 0.3) is 0 Å². The Kier molecular flexibility index (Phi) is 5.73. The summed E-state index contributed by atoms with van der Waals surface area (Å²) in [6.45, 7) is 0. The van der Waals surface area contributed by atoms with Gasteiger partial charge in [0.1, 0.15) is 0 Å². The predicted octanol–water partition coefficient (Wildman–Crippen LogP) is 1.90. The van der Waals surface area contributed by atoms with Gasteiger partial charge in [0, 0.05) is 11.6 Å². The van der Waals surface area contributed by atoms with Crippen LogP contribution in [-0.2, 0) is 14.8 Å². The van der Waals surface area contributed by atoms with Gasteiger partial charge in [0.15, 0.2) is 0 Å². The maximum absolute atomic E-state index is 12.3. The molecule has 0 bridgehead atoms. The van der Waals surface area contributed by atoms with Gasteiger partial charge < -0.3 is 0 Å². The number of carbonyl (C=O) groups is 1. The lowest BCUT2D eigenvalue weighted by molar-refractivity contribution is -0.124. The normalized spacial score (nSPS) is 10.7. The van der Waals surface area contributed by atoms with Gasteiger partial charge >= 0.3 is 0 Å². The van der Waals surface area contributed by atoms with Crippen LogP contribution >= 0.6 is 0 Å². The van der Waals surface area contributed by atoms with E-state index in [1.54, 1.807) is 42.5 Å². The Bertz CT molecular complexity index is 910. The molecule has 0 saturated carbocycles. The minimum atomic E-state index is -3.66. The van der Waals surface area contributed by atoms with E-state index in [9.17, 15) is 13.2 Å². The van der Waals surface area contributed by atoms with Crippen LogP contribution in [0.1, 0.15) is 5.56 Å².